The first-order valence-corrected chi connectivity index (χ1v) is 8.07. The van der Waals surface area contributed by atoms with Crippen molar-refractivity contribution in [2.45, 2.75) is 45.6 Å². The Balaban J connectivity index is 4.39. The number of hydrogen-bond donors (Lipinski definition) is 3. The van der Waals surface area contributed by atoms with Crippen molar-refractivity contribution in [2.75, 3.05) is 39.6 Å². The zero-order valence-electron chi connectivity index (χ0n) is 13.9. The van der Waals surface area contributed by atoms with Gasteiger partial charge < -0.3 is 20.1 Å². The predicted octanol–water partition coefficient (Wildman–Crippen LogP) is 1.37. The molecule has 0 aliphatic heterocycles. The summed E-state index contributed by atoms with van der Waals surface area (Å²) in [6.45, 7) is 4.64. The first kappa shape index (κ1) is 21.0. The van der Waals surface area contributed by atoms with Crippen molar-refractivity contribution < 1.29 is 29.3 Å². The molecular formula is C16H32NO5+. The highest BCUT2D eigenvalue weighted by molar-refractivity contribution is 5.71. The molecular weight excluding hydrogens is 286 g/mol. The van der Waals surface area contributed by atoms with Crippen LogP contribution in [0.1, 0.15) is 39.5 Å². The van der Waals surface area contributed by atoms with Gasteiger partial charge in [-0.1, -0.05) is 31.9 Å². The van der Waals surface area contributed by atoms with E-state index in [1.165, 1.54) is 12.8 Å². The summed E-state index contributed by atoms with van der Waals surface area (Å²) in [4.78, 5) is 11.3. The Labute approximate surface area is 133 Å². The SMILES string of the molecule is CCCC/C=C/CCOC[N+](CCO)(CCO)C(C)C(=O)O. The normalized spacial score (nSPS) is 13.6. The van der Waals surface area contributed by atoms with Gasteiger partial charge in [-0.2, -0.15) is 0 Å². The fourth-order valence-electron chi connectivity index (χ4n) is 2.33. The number of carboxylic acid groups (broad SMARTS) is 1. The fourth-order valence-corrected chi connectivity index (χ4v) is 2.33. The van der Waals surface area contributed by atoms with Crippen LogP contribution < -0.4 is 0 Å². The zero-order chi connectivity index (χ0) is 16.8. The minimum atomic E-state index is -0.954. The second-order valence-electron chi connectivity index (χ2n) is 5.57. The highest BCUT2D eigenvalue weighted by atomic mass is 16.5. The molecule has 1 atom stereocenters. The van der Waals surface area contributed by atoms with Crippen molar-refractivity contribution in [3.63, 3.8) is 0 Å². The summed E-state index contributed by atoms with van der Waals surface area (Å²) in [5.41, 5.74) is 0. The lowest BCUT2D eigenvalue weighted by molar-refractivity contribution is -0.959. The predicted molar refractivity (Wildman–Crippen MR) is 85.4 cm³/mol. The lowest BCUT2D eigenvalue weighted by Crippen LogP contribution is -2.61. The van der Waals surface area contributed by atoms with Crippen LogP contribution in [-0.2, 0) is 9.53 Å². The van der Waals surface area contributed by atoms with Crippen LogP contribution >= 0.6 is 0 Å². The Kier molecular flexibility index (Phi) is 12.0. The first-order chi connectivity index (χ1) is 10.5. The number of carbonyl (C=O) groups is 1. The number of allylic oxidation sites excluding steroid dienone is 1. The summed E-state index contributed by atoms with van der Waals surface area (Å²) in [5.74, 6) is -0.954. The van der Waals surface area contributed by atoms with E-state index in [4.69, 9.17) is 4.74 Å². The van der Waals surface area contributed by atoms with Gasteiger partial charge in [0.25, 0.3) is 0 Å². The quantitative estimate of drug-likeness (QED) is 0.195. The van der Waals surface area contributed by atoms with Crippen molar-refractivity contribution in [1.82, 2.24) is 0 Å². The Bertz CT molecular complexity index is 314. The van der Waals surface area contributed by atoms with Gasteiger partial charge >= 0.3 is 5.97 Å². The smallest absolute Gasteiger partial charge is 0.362 e. The summed E-state index contributed by atoms with van der Waals surface area (Å²) >= 11 is 0. The molecule has 0 heterocycles. The molecule has 6 heteroatoms. The number of hydrogen-bond acceptors (Lipinski definition) is 4. The molecule has 0 aliphatic carbocycles. The number of unbranched alkanes of at least 4 members (excludes halogenated alkanes) is 2. The van der Waals surface area contributed by atoms with E-state index in [1.807, 2.05) is 0 Å². The fraction of sp³-hybridized carbons (Fsp3) is 0.812. The molecule has 0 amide bonds. The van der Waals surface area contributed by atoms with Gasteiger partial charge in [0.05, 0.1) is 19.8 Å². The maximum atomic E-state index is 11.3. The van der Waals surface area contributed by atoms with E-state index >= 15 is 0 Å². The topological polar surface area (TPSA) is 87.0 Å². The molecule has 0 aromatic heterocycles. The largest absolute Gasteiger partial charge is 0.477 e. The van der Waals surface area contributed by atoms with Gasteiger partial charge in [-0.05, 0) is 19.8 Å². The van der Waals surface area contributed by atoms with Gasteiger partial charge in [-0.15, -0.1) is 0 Å². The van der Waals surface area contributed by atoms with Crippen LogP contribution in [0, 0.1) is 0 Å². The number of rotatable bonds is 14. The van der Waals surface area contributed by atoms with Crippen LogP contribution in [0.25, 0.3) is 0 Å². The van der Waals surface area contributed by atoms with Crippen LogP contribution in [0.3, 0.4) is 0 Å². The minimum Gasteiger partial charge on any atom is -0.477 e. The molecule has 0 fully saturated rings. The summed E-state index contributed by atoms with van der Waals surface area (Å²) in [7, 11) is 0. The average molecular weight is 318 g/mol. The highest BCUT2D eigenvalue weighted by Crippen LogP contribution is 2.14. The Morgan fingerprint density at radius 3 is 2.27 bits per heavy atom. The Morgan fingerprint density at radius 2 is 1.77 bits per heavy atom. The molecule has 0 saturated carbocycles. The first-order valence-electron chi connectivity index (χ1n) is 8.07. The lowest BCUT2D eigenvalue weighted by atomic mass is 10.2. The Hall–Kier alpha value is -0.950. The molecule has 0 aromatic carbocycles. The van der Waals surface area contributed by atoms with Crippen LogP contribution in [0.2, 0.25) is 0 Å². The summed E-state index contributed by atoms with van der Waals surface area (Å²) in [6, 6.07) is -0.737. The molecule has 0 aromatic rings. The van der Waals surface area contributed by atoms with Gasteiger partial charge in [0.2, 0.25) is 0 Å². The van der Waals surface area contributed by atoms with Crippen LogP contribution in [-0.4, -0.2) is 71.5 Å². The van der Waals surface area contributed by atoms with Gasteiger partial charge in [0.1, 0.15) is 13.1 Å². The summed E-state index contributed by atoms with van der Waals surface area (Å²) < 4.78 is 5.65. The van der Waals surface area contributed by atoms with E-state index in [2.05, 4.69) is 19.1 Å². The van der Waals surface area contributed by atoms with E-state index in [1.54, 1.807) is 6.92 Å². The molecule has 1 unspecified atom stereocenters. The van der Waals surface area contributed by atoms with E-state index in [0.29, 0.717) is 6.61 Å². The number of aliphatic carboxylic acids is 1. The minimum absolute atomic E-state index is 0.0296. The van der Waals surface area contributed by atoms with E-state index in [-0.39, 0.29) is 37.5 Å². The molecule has 0 aliphatic rings. The second-order valence-corrected chi connectivity index (χ2v) is 5.57. The third kappa shape index (κ3) is 7.89. The third-order valence-corrected chi connectivity index (χ3v) is 3.94. The van der Waals surface area contributed by atoms with Crippen LogP contribution in [0.15, 0.2) is 12.2 Å². The van der Waals surface area contributed by atoms with Crippen molar-refractivity contribution in [2.24, 2.45) is 0 Å². The average Bonchev–Trinajstić information content (AvgIpc) is 2.49. The Morgan fingerprint density at radius 1 is 1.18 bits per heavy atom. The number of aliphatic hydroxyl groups excluding tert-OH is 2. The second kappa shape index (κ2) is 12.6. The number of quaternary nitrogens is 1. The van der Waals surface area contributed by atoms with Crippen LogP contribution in [0.4, 0.5) is 0 Å². The van der Waals surface area contributed by atoms with Gasteiger partial charge in [-0.3, -0.25) is 4.48 Å². The van der Waals surface area contributed by atoms with Crippen molar-refractivity contribution in [3.05, 3.63) is 12.2 Å². The van der Waals surface area contributed by atoms with Gasteiger partial charge in [-0.25, -0.2) is 4.79 Å². The van der Waals surface area contributed by atoms with Crippen LogP contribution in [0.5, 0.6) is 0 Å². The van der Waals surface area contributed by atoms with Crippen molar-refractivity contribution in [1.29, 1.82) is 0 Å². The molecule has 22 heavy (non-hydrogen) atoms. The van der Waals surface area contributed by atoms with Crippen molar-refractivity contribution in [3.8, 4) is 0 Å². The highest BCUT2D eigenvalue weighted by Gasteiger charge is 2.38. The summed E-state index contributed by atoms with van der Waals surface area (Å²) in [6.07, 6.45) is 8.42. The summed E-state index contributed by atoms with van der Waals surface area (Å²) in [5, 5.41) is 27.7. The zero-order valence-corrected chi connectivity index (χ0v) is 13.9. The van der Waals surface area contributed by atoms with E-state index in [9.17, 15) is 20.1 Å². The monoisotopic (exact) mass is 318 g/mol. The molecule has 0 bridgehead atoms. The molecule has 130 valence electrons. The number of carboxylic acids is 1. The molecule has 0 spiro atoms. The van der Waals surface area contributed by atoms with Crippen molar-refractivity contribution >= 4 is 5.97 Å². The molecule has 6 nitrogen and oxygen atoms in total. The van der Waals surface area contributed by atoms with E-state index in [0.717, 1.165) is 12.8 Å². The van der Waals surface area contributed by atoms with Gasteiger partial charge in [0, 0.05) is 0 Å². The lowest BCUT2D eigenvalue weighted by Gasteiger charge is -2.40. The molecule has 0 radical (unpaired) electrons. The maximum absolute atomic E-state index is 11.3. The standard InChI is InChI=1S/C16H31NO5/c1-3-4-5-6-7-8-13-22-14-17(9-11-18,10-12-19)15(2)16(20)21/h6-7,15,18-19H,3-5,8-14H2,1-2H3/p+1/b7-6+. The number of ether oxygens (including phenoxy) is 1. The van der Waals surface area contributed by atoms with E-state index < -0.39 is 12.0 Å². The molecule has 3 N–H and O–H groups in total. The third-order valence-electron chi connectivity index (χ3n) is 3.94. The molecule has 0 saturated heterocycles. The molecule has 0 rings (SSSR count). The maximum Gasteiger partial charge on any atom is 0.362 e. The number of aliphatic hydroxyl groups is 2. The van der Waals surface area contributed by atoms with Gasteiger partial charge in [0.15, 0.2) is 12.8 Å². The number of nitrogens with zero attached hydrogens (tertiary/aromatic N) is 1.